The molecule has 1 saturated heterocycles. The molecule has 3 rings (SSSR count). The predicted octanol–water partition coefficient (Wildman–Crippen LogP) is 2.26. The van der Waals surface area contributed by atoms with Gasteiger partial charge in [-0.1, -0.05) is 6.92 Å². The summed E-state index contributed by atoms with van der Waals surface area (Å²) in [6.45, 7) is 2.58. The average Bonchev–Trinajstić information content (AvgIpc) is 3.22. The van der Waals surface area contributed by atoms with Crippen LogP contribution in [0.5, 0.6) is 17.2 Å². The standard InChI is InChI=1S/C21H27N3O5/c1-5-14-12-18(25)23-21(22-14)15-7-6-8-24(15)19(26)11-13-9-16(27-2)20(29-4)17(10-13)28-3/h9-10,12,15H,5-8,11H2,1-4H3,(H,22,23,25). The molecule has 156 valence electrons. The van der Waals surface area contributed by atoms with Crippen LogP contribution >= 0.6 is 0 Å². The fourth-order valence-electron chi connectivity index (χ4n) is 3.73. The Morgan fingerprint density at radius 2 is 1.86 bits per heavy atom. The highest BCUT2D eigenvalue weighted by Crippen LogP contribution is 2.39. The Kier molecular flexibility index (Phi) is 6.41. The normalized spacial score (nSPS) is 16.0. The van der Waals surface area contributed by atoms with Crippen molar-refractivity contribution >= 4 is 5.91 Å². The monoisotopic (exact) mass is 401 g/mol. The lowest BCUT2D eigenvalue weighted by molar-refractivity contribution is -0.131. The van der Waals surface area contributed by atoms with Crippen LogP contribution in [0.3, 0.4) is 0 Å². The van der Waals surface area contributed by atoms with E-state index in [4.69, 9.17) is 14.2 Å². The Morgan fingerprint density at radius 3 is 2.45 bits per heavy atom. The van der Waals surface area contributed by atoms with Crippen molar-refractivity contribution in [3.05, 3.63) is 45.6 Å². The van der Waals surface area contributed by atoms with Crippen molar-refractivity contribution in [3.63, 3.8) is 0 Å². The summed E-state index contributed by atoms with van der Waals surface area (Å²) in [5, 5.41) is 0. The van der Waals surface area contributed by atoms with Crippen LogP contribution in [0, 0.1) is 0 Å². The summed E-state index contributed by atoms with van der Waals surface area (Å²) in [4.78, 5) is 34.2. The van der Waals surface area contributed by atoms with Crippen molar-refractivity contribution in [2.45, 2.75) is 38.6 Å². The number of methoxy groups -OCH3 is 3. The number of carbonyl (C=O) groups excluding carboxylic acids is 1. The molecule has 1 aliphatic heterocycles. The minimum absolute atomic E-state index is 0.0358. The van der Waals surface area contributed by atoms with Gasteiger partial charge in [-0.3, -0.25) is 9.59 Å². The maximum absolute atomic E-state index is 13.1. The van der Waals surface area contributed by atoms with Crippen LogP contribution in [0.4, 0.5) is 0 Å². The third-order valence-electron chi connectivity index (χ3n) is 5.14. The zero-order valence-corrected chi connectivity index (χ0v) is 17.3. The number of rotatable bonds is 7. The molecule has 1 N–H and O–H groups in total. The topological polar surface area (TPSA) is 93.8 Å². The summed E-state index contributed by atoms with van der Waals surface area (Å²) in [5.41, 5.74) is 1.31. The van der Waals surface area contributed by atoms with E-state index in [0.29, 0.717) is 36.0 Å². The minimum atomic E-state index is -0.219. The molecule has 8 heteroatoms. The van der Waals surface area contributed by atoms with E-state index in [0.717, 1.165) is 24.1 Å². The van der Waals surface area contributed by atoms with Gasteiger partial charge in [0.05, 0.1) is 33.8 Å². The summed E-state index contributed by atoms with van der Waals surface area (Å²) in [5.74, 6) is 2.03. The number of aromatic nitrogens is 2. The maximum atomic E-state index is 13.1. The van der Waals surface area contributed by atoms with Crippen LogP contribution in [0.25, 0.3) is 0 Å². The third-order valence-corrected chi connectivity index (χ3v) is 5.14. The van der Waals surface area contributed by atoms with Crippen LogP contribution in [0.1, 0.15) is 42.9 Å². The number of likely N-dealkylation sites (tertiary alicyclic amines) is 1. The average molecular weight is 401 g/mol. The molecule has 1 aromatic heterocycles. The largest absolute Gasteiger partial charge is 0.493 e. The summed E-state index contributed by atoms with van der Waals surface area (Å²) in [6, 6.07) is 4.84. The molecule has 2 heterocycles. The Hall–Kier alpha value is -3.03. The molecule has 1 aromatic carbocycles. The number of carbonyl (C=O) groups is 1. The quantitative estimate of drug-likeness (QED) is 0.765. The number of hydrogen-bond acceptors (Lipinski definition) is 6. The smallest absolute Gasteiger partial charge is 0.251 e. The Balaban J connectivity index is 1.85. The molecule has 1 fully saturated rings. The highest BCUT2D eigenvalue weighted by Gasteiger charge is 2.32. The molecule has 1 aliphatic rings. The highest BCUT2D eigenvalue weighted by atomic mass is 16.5. The Morgan fingerprint density at radius 1 is 1.17 bits per heavy atom. The first-order chi connectivity index (χ1) is 14.0. The Labute approximate surface area is 169 Å². The number of H-pyrrole nitrogens is 1. The fourth-order valence-corrected chi connectivity index (χ4v) is 3.73. The van der Waals surface area contributed by atoms with Crippen molar-refractivity contribution in [3.8, 4) is 17.2 Å². The second-order valence-electron chi connectivity index (χ2n) is 6.93. The molecule has 0 bridgehead atoms. The van der Waals surface area contributed by atoms with Crippen LogP contribution in [-0.4, -0.2) is 48.6 Å². The molecule has 0 spiro atoms. The van der Waals surface area contributed by atoms with Gasteiger partial charge in [-0.05, 0) is 37.0 Å². The summed E-state index contributed by atoms with van der Waals surface area (Å²) in [6.07, 6.45) is 2.50. The Bertz CT molecular complexity index is 915. The van der Waals surface area contributed by atoms with Gasteiger partial charge in [-0.25, -0.2) is 4.98 Å². The van der Waals surface area contributed by atoms with Crippen molar-refractivity contribution in [1.29, 1.82) is 0 Å². The number of nitrogens with zero attached hydrogens (tertiary/aromatic N) is 2. The van der Waals surface area contributed by atoms with Crippen molar-refractivity contribution in [2.24, 2.45) is 0 Å². The second-order valence-corrected chi connectivity index (χ2v) is 6.93. The lowest BCUT2D eigenvalue weighted by Crippen LogP contribution is -2.33. The molecule has 8 nitrogen and oxygen atoms in total. The highest BCUT2D eigenvalue weighted by molar-refractivity contribution is 5.80. The molecule has 0 aliphatic carbocycles. The van der Waals surface area contributed by atoms with Gasteiger partial charge in [0.2, 0.25) is 11.7 Å². The van der Waals surface area contributed by atoms with Gasteiger partial charge in [0.1, 0.15) is 5.82 Å². The summed E-state index contributed by atoms with van der Waals surface area (Å²) in [7, 11) is 4.63. The first-order valence-corrected chi connectivity index (χ1v) is 9.69. The number of nitrogens with one attached hydrogen (secondary N) is 1. The third kappa shape index (κ3) is 4.36. The minimum Gasteiger partial charge on any atom is -0.493 e. The molecular weight excluding hydrogens is 374 g/mol. The number of hydrogen-bond donors (Lipinski definition) is 1. The molecule has 0 saturated carbocycles. The second kappa shape index (κ2) is 8.98. The van der Waals surface area contributed by atoms with Crippen molar-refractivity contribution < 1.29 is 19.0 Å². The molecule has 1 unspecified atom stereocenters. The van der Waals surface area contributed by atoms with E-state index in [1.807, 2.05) is 6.92 Å². The van der Waals surface area contributed by atoms with Gasteiger partial charge in [0.25, 0.3) is 5.56 Å². The van der Waals surface area contributed by atoms with Gasteiger partial charge in [-0.2, -0.15) is 0 Å². The molecule has 1 amide bonds. The lowest BCUT2D eigenvalue weighted by Gasteiger charge is -2.24. The molecule has 2 aromatic rings. The lowest BCUT2D eigenvalue weighted by atomic mass is 10.1. The van der Waals surface area contributed by atoms with Gasteiger partial charge >= 0.3 is 0 Å². The van der Waals surface area contributed by atoms with Crippen molar-refractivity contribution in [2.75, 3.05) is 27.9 Å². The van der Waals surface area contributed by atoms with E-state index < -0.39 is 0 Å². The first-order valence-electron chi connectivity index (χ1n) is 9.69. The summed E-state index contributed by atoms with van der Waals surface area (Å²) >= 11 is 0. The van der Waals surface area contributed by atoms with Crippen LogP contribution in [0.2, 0.25) is 0 Å². The summed E-state index contributed by atoms with van der Waals surface area (Å²) < 4.78 is 16.1. The number of aryl methyl sites for hydroxylation is 1. The number of aromatic amines is 1. The molecular formula is C21H27N3O5. The van der Waals surface area contributed by atoms with Crippen LogP contribution in [-0.2, 0) is 17.6 Å². The van der Waals surface area contributed by atoms with Gasteiger partial charge in [-0.15, -0.1) is 0 Å². The van der Waals surface area contributed by atoms with E-state index in [9.17, 15) is 9.59 Å². The van der Waals surface area contributed by atoms with Crippen LogP contribution < -0.4 is 19.8 Å². The van der Waals surface area contributed by atoms with E-state index in [1.54, 1.807) is 31.3 Å². The maximum Gasteiger partial charge on any atom is 0.251 e. The van der Waals surface area contributed by atoms with E-state index in [-0.39, 0.29) is 23.9 Å². The van der Waals surface area contributed by atoms with E-state index in [2.05, 4.69) is 9.97 Å². The molecule has 0 radical (unpaired) electrons. The van der Waals surface area contributed by atoms with Gasteiger partial charge in [0, 0.05) is 18.3 Å². The molecule has 29 heavy (non-hydrogen) atoms. The van der Waals surface area contributed by atoms with Gasteiger partial charge in [0.15, 0.2) is 11.5 Å². The number of benzene rings is 1. The number of amides is 1. The van der Waals surface area contributed by atoms with Crippen molar-refractivity contribution in [1.82, 2.24) is 14.9 Å². The van der Waals surface area contributed by atoms with E-state index in [1.165, 1.54) is 13.2 Å². The number of ether oxygens (including phenoxy) is 3. The zero-order valence-electron chi connectivity index (χ0n) is 17.3. The predicted molar refractivity (Wildman–Crippen MR) is 108 cm³/mol. The molecule has 1 atom stereocenters. The van der Waals surface area contributed by atoms with Gasteiger partial charge < -0.3 is 24.1 Å². The zero-order chi connectivity index (χ0) is 21.0. The SMILES string of the molecule is CCc1cc(=O)[nH]c(C2CCCN2C(=O)Cc2cc(OC)c(OC)c(OC)c2)n1. The van der Waals surface area contributed by atoms with Crippen LogP contribution in [0.15, 0.2) is 23.0 Å². The van der Waals surface area contributed by atoms with E-state index >= 15 is 0 Å². The fraction of sp³-hybridized carbons (Fsp3) is 0.476. The first kappa shape index (κ1) is 20.7.